The van der Waals surface area contributed by atoms with Gasteiger partial charge < -0.3 is 9.47 Å². The van der Waals surface area contributed by atoms with Crippen molar-refractivity contribution in [3.63, 3.8) is 0 Å². The number of ether oxygens (including phenoxy) is 2. The third kappa shape index (κ3) is 4.42. The lowest BCUT2D eigenvalue weighted by atomic mass is 9.97. The lowest BCUT2D eigenvalue weighted by Gasteiger charge is -2.19. The van der Waals surface area contributed by atoms with Crippen molar-refractivity contribution in [3.05, 3.63) is 70.4 Å². The SMILES string of the molecule is COc1ccc(Oc2nc(SCc3ccccc3Cl)nc3c2CCCC3)cc1. The largest absolute Gasteiger partial charge is 0.497 e. The molecule has 0 N–H and O–H groups in total. The number of thioether (sulfide) groups is 1. The van der Waals surface area contributed by atoms with Crippen molar-refractivity contribution in [3.8, 4) is 17.4 Å². The highest BCUT2D eigenvalue weighted by molar-refractivity contribution is 7.98. The molecule has 0 saturated carbocycles. The summed E-state index contributed by atoms with van der Waals surface area (Å²) in [6.45, 7) is 0. The summed E-state index contributed by atoms with van der Waals surface area (Å²) in [5.74, 6) is 2.93. The van der Waals surface area contributed by atoms with Crippen molar-refractivity contribution in [2.45, 2.75) is 36.6 Å². The number of benzene rings is 2. The molecule has 0 aliphatic heterocycles. The molecule has 4 rings (SSSR count). The minimum atomic E-state index is 0.663. The maximum Gasteiger partial charge on any atom is 0.226 e. The van der Waals surface area contributed by atoms with Crippen molar-refractivity contribution >= 4 is 23.4 Å². The molecule has 0 unspecified atom stereocenters. The van der Waals surface area contributed by atoms with Crippen LogP contribution in [0.25, 0.3) is 0 Å². The van der Waals surface area contributed by atoms with Gasteiger partial charge in [0.05, 0.1) is 12.8 Å². The molecule has 1 heterocycles. The summed E-state index contributed by atoms with van der Waals surface area (Å²) in [5.41, 5.74) is 3.31. The van der Waals surface area contributed by atoms with Crippen LogP contribution in [0.5, 0.6) is 17.4 Å². The number of hydrogen-bond acceptors (Lipinski definition) is 5. The fourth-order valence-electron chi connectivity index (χ4n) is 3.20. The minimum Gasteiger partial charge on any atom is -0.497 e. The second-order valence-corrected chi connectivity index (χ2v) is 7.95. The molecule has 144 valence electrons. The Bertz CT molecular complexity index is 963. The standard InChI is InChI=1S/C22H21ClN2O2S/c1-26-16-10-12-17(13-11-16)27-21-18-7-3-5-9-20(18)24-22(25-21)28-14-15-6-2-4-8-19(15)23/h2,4,6,8,10-13H,3,5,7,9,14H2,1H3. The number of nitrogens with zero attached hydrogens (tertiary/aromatic N) is 2. The summed E-state index contributed by atoms with van der Waals surface area (Å²) in [5, 5.41) is 1.49. The topological polar surface area (TPSA) is 44.2 Å². The number of methoxy groups -OCH3 is 1. The van der Waals surface area contributed by atoms with Gasteiger partial charge >= 0.3 is 0 Å². The second kappa shape index (κ2) is 8.84. The maximum atomic E-state index is 6.28. The predicted octanol–water partition coefficient (Wildman–Crippen LogP) is 6.10. The minimum absolute atomic E-state index is 0.663. The number of rotatable bonds is 6. The zero-order valence-electron chi connectivity index (χ0n) is 15.7. The van der Waals surface area contributed by atoms with E-state index in [9.17, 15) is 0 Å². The predicted molar refractivity (Wildman–Crippen MR) is 113 cm³/mol. The van der Waals surface area contributed by atoms with Crippen LogP contribution < -0.4 is 9.47 Å². The number of halogens is 1. The lowest BCUT2D eigenvalue weighted by molar-refractivity contribution is 0.410. The van der Waals surface area contributed by atoms with E-state index < -0.39 is 0 Å². The normalized spacial score (nSPS) is 13.1. The average Bonchev–Trinajstić information content (AvgIpc) is 2.74. The fourth-order valence-corrected chi connectivity index (χ4v) is 4.34. The summed E-state index contributed by atoms with van der Waals surface area (Å²) in [6.07, 6.45) is 4.22. The van der Waals surface area contributed by atoms with Gasteiger partial charge in [-0.3, -0.25) is 0 Å². The molecule has 1 aliphatic carbocycles. The first kappa shape index (κ1) is 19.1. The van der Waals surface area contributed by atoms with Gasteiger partial charge in [-0.15, -0.1) is 0 Å². The molecule has 6 heteroatoms. The van der Waals surface area contributed by atoms with Crippen molar-refractivity contribution in [1.82, 2.24) is 9.97 Å². The molecule has 0 radical (unpaired) electrons. The van der Waals surface area contributed by atoms with E-state index >= 15 is 0 Å². The van der Waals surface area contributed by atoms with Crippen LogP contribution in [-0.2, 0) is 18.6 Å². The molecule has 28 heavy (non-hydrogen) atoms. The lowest BCUT2D eigenvalue weighted by Crippen LogP contribution is -2.10. The van der Waals surface area contributed by atoms with Crippen molar-refractivity contribution < 1.29 is 9.47 Å². The molecular weight excluding hydrogens is 392 g/mol. The van der Waals surface area contributed by atoms with Crippen molar-refractivity contribution in [2.24, 2.45) is 0 Å². The van der Waals surface area contributed by atoms with Gasteiger partial charge in [-0.2, -0.15) is 4.98 Å². The zero-order valence-corrected chi connectivity index (χ0v) is 17.2. The Balaban J connectivity index is 1.59. The highest BCUT2D eigenvalue weighted by Crippen LogP contribution is 2.34. The Kier molecular flexibility index (Phi) is 6.03. The summed E-state index contributed by atoms with van der Waals surface area (Å²) >= 11 is 7.86. The summed E-state index contributed by atoms with van der Waals surface area (Å²) in [4.78, 5) is 9.52. The van der Waals surface area contributed by atoms with Crippen LogP contribution in [0.15, 0.2) is 53.7 Å². The summed E-state index contributed by atoms with van der Waals surface area (Å²) < 4.78 is 11.4. The average molecular weight is 413 g/mol. The first-order valence-corrected chi connectivity index (χ1v) is 10.7. The highest BCUT2D eigenvalue weighted by atomic mass is 35.5. The Morgan fingerprint density at radius 2 is 1.71 bits per heavy atom. The molecule has 4 nitrogen and oxygen atoms in total. The van der Waals surface area contributed by atoms with Gasteiger partial charge in [-0.05, 0) is 61.6 Å². The smallest absolute Gasteiger partial charge is 0.226 e. The van der Waals surface area contributed by atoms with Gasteiger partial charge in [-0.25, -0.2) is 4.98 Å². The van der Waals surface area contributed by atoms with E-state index in [2.05, 4.69) is 0 Å². The van der Waals surface area contributed by atoms with Gasteiger partial charge in [0.2, 0.25) is 5.88 Å². The van der Waals surface area contributed by atoms with E-state index in [0.717, 1.165) is 69.9 Å². The van der Waals surface area contributed by atoms with Crippen molar-refractivity contribution in [1.29, 1.82) is 0 Å². The summed E-state index contributed by atoms with van der Waals surface area (Å²) in [7, 11) is 1.65. The Hall–Kier alpha value is -2.24. The highest BCUT2D eigenvalue weighted by Gasteiger charge is 2.20. The van der Waals surface area contributed by atoms with Gasteiger partial charge in [0.1, 0.15) is 11.5 Å². The van der Waals surface area contributed by atoms with Gasteiger partial charge in [-0.1, -0.05) is 41.6 Å². The Morgan fingerprint density at radius 1 is 0.964 bits per heavy atom. The third-order valence-corrected chi connectivity index (χ3v) is 5.98. The first-order chi connectivity index (χ1) is 13.7. The number of hydrogen-bond donors (Lipinski definition) is 0. The molecule has 1 aromatic heterocycles. The summed E-state index contributed by atoms with van der Waals surface area (Å²) in [6, 6.07) is 15.4. The molecule has 0 saturated heterocycles. The number of aromatic nitrogens is 2. The van der Waals surface area contributed by atoms with E-state index in [4.69, 9.17) is 31.0 Å². The Morgan fingerprint density at radius 3 is 2.50 bits per heavy atom. The molecule has 0 fully saturated rings. The van der Waals surface area contributed by atoms with E-state index in [1.165, 1.54) is 0 Å². The molecule has 1 aliphatic rings. The maximum absolute atomic E-state index is 6.28. The molecule has 0 spiro atoms. The van der Waals surface area contributed by atoms with Crippen LogP contribution in [-0.4, -0.2) is 17.1 Å². The van der Waals surface area contributed by atoms with Crippen LogP contribution in [0.2, 0.25) is 5.02 Å². The van der Waals surface area contributed by atoms with Gasteiger partial charge in [0.15, 0.2) is 5.16 Å². The van der Waals surface area contributed by atoms with Gasteiger partial charge in [0.25, 0.3) is 0 Å². The van der Waals surface area contributed by atoms with E-state index in [0.29, 0.717) is 5.88 Å². The quantitative estimate of drug-likeness (QED) is 0.361. The molecular formula is C22H21ClN2O2S. The number of fused-ring (bicyclic) bond motifs is 1. The van der Waals surface area contributed by atoms with Crippen LogP contribution in [0.1, 0.15) is 29.7 Å². The number of aryl methyl sites for hydroxylation is 1. The van der Waals surface area contributed by atoms with E-state index in [1.807, 2.05) is 48.5 Å². The van der Waals surface area contributed by atoms with Crippen LogP contribution in [0.3, 0.4) is 0 Å². The van der Waals surface area contributed by atoms with E-state index in [-0.39, 0.29) is 0 Å². The first-order valence-electron chi connectivity index (χ1n) is 9.31. The van der Waals surface area contributed by atoms with Crippen LogP contribution >= 0.6 is 23.4 Å². The molecule has 0 amide bonds. The monoisotopic (exact) mass is 412 g/mol. The molecule has 0 atom stereocenters. The zero-order chi connectivity index (χ0) is 19.3. The Labute approximate surface area is 174 Å². The molecule has 3 aromatic rings. The van der Waals surface area contributed by atoms with Crippen LogP contribution in [0.4, 0.5) is 0 Å². The third-order valence-electron chi connectivity index (χ3n) is 4.71. The van der Waals surface area contributed by atoms with Crippen molar-refractivity contribution in [2.75, 3.05) is 7.11 Å². The molecule has 2 aromatic carbocycles. The van der Waals surface area contributed by atoms with E-state index in [1.54, 1.807) is 18.9 Å². The second-order valence-electron chi connectivity index (χ2n) is 6.60. The fraction of sp³-hybridized carbons (Fsp3) is 0.273. The molecule has 0 bridgehead atoms. The van der Waals surface area contributed by atoms with Crippen LogP contribution in [0, 0.1) is 0 Å². The van der Waals surface area contributed by atoms with Gasteiger partial charge in [0, 0.05) is 16.3 Å².